The molecule has 1 amide bonds. The first-order valence-corrected chi connectivity index (χ1v) is 10.3. The van der Waals surface area contributed by atoms with E-state index >= 15 is 0 Å². The Morgan fingerprint density at radius 2 is 1.85 bits per heavy atom. The average Bonchev–Trinajstić information content (AvgIpc) is 2.80. The van der Waals surface area contributed by atoms with Gasteiger partial charge in [-0.2, -0.15) is 0 Å². The molecule has 33 heavy (non-hydrogen) atoms. The Hall–Kier alpha value is -3.37. The molecule has 0 radical (unpaired) electrons. The lowest BCUT2D eigenvalue weighted by molar-refractivity contribution is -0.0384. The Morgan fingerprint density at radius 1 is 1.15 bits per heavy atom. The van der Waals surface area contributed by atoms with Crippen molar-refractivity contribution in [1.29, 1.82) is 0 Å². The highest BCUT2D eigenvalue weighted by Gasteiger charge is 2.37. The number of anilines is 1. The van der Waals surface area contributed by atoms with Crippen molar-refractivity contribution in [1.82, 2.24) is 20.3 Å². The Balaban J connectivity index is 1.69. The SMILES string of the molecule is O=C(Nc1c(C2NC=CC=C2F)ccnc1C1CCC(F)(F)CC1)c1cnc(C(F)F)nc1. The highest BCUT2D eigenvalue weighted by Crippen LogP contribution is 2.44. The second kappa shape index (κ2) is 9.24. The molecule has 0 aromatic carbocycles. The first kappa shape index (κ1) is 22.8. The van der Waals surface area contributed by atoms with Gasteiger partial charge in [0, 0.05) is 42.9 Å². The number of allylic oxidation sites excluding steroid dienone is 2. The van der Waals surface area contributed by atoms with Gasteiger partial charge in [-0.3, -0.25) is 9.78 Å². The highest BCUT2D eigenvalue weighted by atomic mass is 19.3. The molecule has 1 unspecified atom stereocenters. The smallest absolute Gasteiger partial charge is 0.297 e. The maximum atomic E-state index is 14.6. The van der Waals surface area contributed by atoms with Crippen molar-refractivity contribution in [3.05, 3.63) is 71.5 Å². The van der Waals surface area contributed by atoms with E-state index in [1.165, 1.54) is 30.6 Å². The summed E-state index contributed by atoms with van der Waals surface area (Å²) in [6.07, 6.45) is 4.43. The van der Waals surface area contributed by atoms with Crippen LogP contribution in [0.15, 0.2) is 48.8 Å². The fraction of sp³-hybridized carbons (Fsp3) is 0.364. The van der Waals surface area contributed by atoms with Gasteiger partial charge >= 0.3 is 0 Å². The van der Waals surface area contributed by atoms with Crippen molar-refractivity contribution in [2.75, 3.05) is 5.32 Å². The standard InChI is InChI=1S/C22H20F5N5O/c23-15-2-1-8-28-17(15)14-5-9-29-16(12-3-6-22(26,27)7-4-12)18(14)32-21(33)13-10-30-20(19(24)25)31-11-13/h1-2,5,8-12,17,19,28H,3-4,6-7H2,(H,32,33). The van der Waals surface area contributed by atoms with Crippen LogP contribution in [0.5, 0.6) is 0 Å². The number of hydrogen-bond acceptors (Lipinski definition) is 5. The number of alkyl halides is 4. The van der Waals surface area contributed by atoms with Gasteiger partial charge in [0.1, 0.15) is 11.9 Å². The molecular formula is C22H20F5N5O. The Labute approximate surface area is 186 Å². The first-order chi connectivity index (χ1) is 15.7. The van der Waals surface area contributed by atoms with Crippen molar-refractivity contribution in [3.63, 3.8) is 0 Å². The summed E-state index contributed by atoms with van der Waals surface area (Å²) in [6.45, 7) is 0. The minimum Gasteiger partial charge on any atom is -0.378 e. The largest absolute Gasteiger partial charge is 0.378 e. The number of hydrogen-bond donors (Lipinski definition) is 2. The van der Waals surface area contributed by atoms with E-state index in [0.717, 1.165) is 12.4 Å². The minimum absolute atomic E-state index is 0.0946. The topological polar surface area (TPSA) is 79.8 Å². The first-order valence-electron chi connectivity index (χ1n) is 10.3. The number of nitrogens with one attached hydrogen (secondary N) is 2. The van der Waals surface area contributed by atoms with E-state index < -0.39 is 35.9 Å². The van der Waals surface area contributed by atoms with Crippen molar-refractivity contribution in [2.45, 2.75) is 50.0 Å². The van der Waals surface area contributed by atoms with Crippen LogP contribution in [0.3, 0.4) is 0 Å². The van der Waals surface area contributed by atoms with Gasteiger partial charge in [0.05, 0.1) is 16.9 Å². The van der Waals surface area contributed by atoms with Crippen molar-refractivity contribution < 1.29 is 26.7 Å². The third-order valence-electron chi connectivity index (χ3n) is 5.69. The predicted molar refractivity (Wildman–Crippen MR) is 110 cm³/mol. The number of rotatable bonds is 5. The van der Waals surface area contributed by atoms with Crippen molar-refractivity contribution in [2.24, 2.45) is 0 Å². The van der Waals surface area contributed by atoms with Gasteiger partial charge in [-0.05, 0) is 37.3 Å². The molecule has 11 heteroatoms. The summed E-state index contributed by atoms with van der Waals surface area (Å²) in [4.78, 5) is 24.2. The number of amides is 1. The van der Waals surface area contributed by atoms with Crippen LogP contribution in [0.4, 0.5) is 27.6 Å². The van der Waals surface area contributed by atoms with Crippen LogP contribution in [0.25, 0.3) is 0 Å². The zero-order chi connectivity index (χ0) is 23.6. The summed E-state index contributed by atoms with van der Waals surface area (Å²) in [5.41, 5.74) is 0.814. The zero-order valence-corrected chi connectivity index (χ0v) is 17.2. The third kappa shape index (κ3) is 5.01. The average molecular weight is 465 g/mol. The summed E-state index contributed by atoms with van der Waals surface area (Å²) in [7, 11) is 0. The second-order valence-electron chi connectivity index (χ2n) is 7.89. The molecule has 2 aromatic rings. The molecule has 1 atom stereocenters. The van der Waals surface area contributed by atoms with Gasteiger partial charge in [0.2, 0.25) is 5.92 Å². The van der Waals surface area contributed by atoms with E-state index in [9.17, 15) is 26.7 Å². The molecule has 0 spiro atoms. The summed E-state index contributed by atoms with van der Waals surface area (Å²) < 4.78 is 67.4. The molecule has 6 nitrogen and oxygen atoms in total. The number of dihydropyridines is 1. The zero-order valence-electron chi connectivity index (χ0n) is 17.2. The van der Waals surface area contributed by atoms with Gasteiger partial charge < -0.3 is 10.6 Å². The minimum atomic E-state index is -2.89. The van der Waals surface area contributed by atoms with Crippen molar-refractivity contribution >= 4 is 11.6 Å². The van der Waals surface area contributed by atoms with Gasteiger partial charge in [-0.25, -0.2) is 31.9 Å². The Kier molecular flexibility index (Phi) is 6.39. The lowest BCUT2D eigenvalue weighted by atomic mass is 9.83. The van der Waals surface area contributed by atoms with Gasteiger partial charge in [-0.15, -0.1) is 0 Å². The molecule has 1 saturated carbocycles. The number of carbonyl (C=O) groups is 1. The van der Waals surface area contributed by atoms with Crippen LogP contribution in [-0.4, -0.2) is 26.8 Å². The van der Waals surface area contributed by atoms with E-state index in [1.54, 1.807) is 0 Å². The molecule has 1 aliphatic heterocycles. The lowest BCUT2D eigenvalue weighted by Crippen LogP contribution is -2.27. The van der Waals surface area contributed by atoms with Crippen LogP contribution in [-0.2, 0) is 0 Å². The normalized spacial score (nSPS) is 20.3. The number of carbonyl (C=O) groups excluding carboxylic acids is 1. The number of aromatic nitrogens is 3. The molecule has 2 aromatic heterocycles. The van der Waals surface area contributed by atoms with Crippen LogP contribution in [0.2, 0.25) is 0 Å². The molecule has 1 fully saturated rings. The fourth-order valence-corrected chi connectivity index (χ4v) is 3.95. The maximum Gasteiger partial charge on any atom is 0.297 e. The quantitative estimate of drug-likeness (QED) is 0.581. The summed E-state index contributed by atoms with van der Waals surface area (Å²) in [6, 6.07) is 0.603. The molecule has 3 heterocycles. The molecule has 0 saturated heterocycles. The molecule has 1 aliphatic carbocycles. The van der Waals surface area contributed by atoms with E-state index in [2.05, 4.69) is 25.6 Å². The van der Waals surface area contributed by atoms with Gasteiger partial charge in [0.15, 0.2) is 5.82 Å². The molecule has 0 bridgehead atoms. The highest BCUT2D eigenvalue weighted by molar-refractivity contribution is 6.04. The second-order valence-corrected chi connectivity index (χ2v) is 7.89. The summed E-state index contributed by atoms with van der Waals surface area (Å²) in [5.74, 6) is -5.08. The van der Waals surface area contributed by atoms with Crippen LogP contribution >= 0.6 is 0 Å². The number of nitrogens with zero attached hydrogens (tertiary/aromatic N) is 3. The maximum absolute atomic E-state index is 14.6. The van der Waals surface area contributed by atoms with Crippen LogP contribution < -0.4 is 10.6 Å². The monoisotopic (exact) mass is 465 g/mol. The molecule has 2 aliphatic rings. The third-order valence-corrected chi connectivity index (χ3v) is 5.69. The summed E-state index contributed by atoms with van der Waals surface area (Å²) >= 11 is 0. The number of halogens is 5. The lowest BCUT2D eigenvalue weighted by Gasteiger charge is -2.30. The summed E-state index contributed by atoms with van der Waals surface area (Å²) in [5, 5.41) is 5.54. The molecule has 2 N–H and O–H groups in total. The van der Waals surface area contributed by atoms with Crippen LogP contribution in [0, 0.1) is 0 Å². The fourth-order valence-electron chi connectivity index (χ4n) is 3.95. The van der Waals surface area contributed by atoms with Crippen molar-refractivity contribution in [3.8, 4) is 0 Å². The van der Waals surface area contributed by atoms with E-state index in [-0.39, 0.29) is 42.9 Å². The van der Waals surface area contributed by atoms with Gasteiger partial charge in [0.25, 0.3) is 12.3 Å². The molecular weight excluding hydrogens is 445 g/mol. The van der Waals surface area contributed by atoms with Gasteiger partial charge in [-0.1, -0.05) is 0 Å². The van der Waals surface area contributed by atoms with Crippen LogP contribution in [0.1, 0.15) is 71.5 Å². The van der Waals surface area contributed by atoms with E-state index in [0.29, 0.717) is 11.3 Å². The predicted octanol–water partition coefficient (Wildman–Crippen LogP) is 5.37. The Bertz CT molecular complexity index is 1080. The Morgan fingerprint density at radius 3 is 2.48 bits per heavy atom. The molecule has 174 valence electrons. The molecule has 4 rings (SSSR count). The van der Waals surface area contributed by atoms with E-state index in [4.69, 9.17) is 0 Å². The number of pyridine rings is 1. The van der Waals surface area contributed by atoms with E-state index in [1.807, 2.05) is 0 Å².